The number of fused-ring (bicyclic) bond motifs is 3. The van der Waals surface area contributed by atoms with E-state index in [1.54, 1.807) is 11.0 Å². The minimum atomic E-state index is -0.937. The molecule has 0 spiro atoms. The van der Waals surface area contributed by atoms with Crippen LogP contribution in [-0.4, -0.2) is 46.1 Å². The smallest absolute Gasteiger partial charge is 0.455 e. The lowest BCUT2D eigenvalue weighted by Crippen LogP contribution is -2.46. The summed E-state index contributed by atoms with van der Waals surface area (Å²) in [5.74, 6) is 0.432. The van der Waals surface area contributed by atoms with Crippen molar-refractivity contribution in [2.24, 2.45) is 17.8 Å². The van der Waals surface area contributed by atoms with Gasteiger partial charge in [-0.25, -0.2) is 0 Å². The van der Waals surface area contributed by atoms with E-state index in [1.807, 2.05) is 12.1 Å². The maximum Gasteiger partial charge on any atom is 0.455 e. The zero-order chi connectivity index (χ0) is 26.1. The summed E-state index contributed by atoms with van der Waals surface area (Å²) in [6.45, 7) is 4.09. The molecule has 37 heavy (non-hydrogen) atoms. The van der Waals surface area contributed by atoms with Crippen LogP contribution in [0.4, 0.5) is 0 Å². The predicted molar refractivity (Wildman–Crippen MR) is 141 cm³/mol. The first kappa shape index (κ1) is 26.5. The van der Waals surface area contributed by atoms with Crippen molar-refractivity contribution in [2.75, 3.05) is 0 Å². The lowest BCUT2D eigenvalue weighted by atomic mass is 9.58. The standard InChI is InChI=1S/C29H40BNO6/c1-3-7-19(15-21-11-12-22(17-32)36-21)10-13-25-26-18(2)14-23-27(24(26)16-30(35)37-25)29(34)31(28(23)33)20-8-5-4-6-9-20/h11-12,15,20,23-25,27,32,35H,3-10,13-14,16-17H2,1-2H3/b19-15+/t23-,24+,25-,27-/m1/s1. The Morgan fingerprint density at radius 1 is 1.14 bits per heavy atom. The molecule has 3 heterocycles. The average molecular weight is 509 g/mol. The molecule has 0 unspecified atom stereocenters. The third-order valence-electron chi connectivity index (χ3n) is 8.91. The van der Waals surface area contributed by atoms with Crippen molar-refractivity contribution >= 4 is 25.0 Å². The number of carbonyl (C=O) groups is 2. The molecule has 2 amide bonds. The summed E-state index contributed by atoms with van der Waals surface area (Å²) in [5, 5.41) is 20.0. The molecular weight excluding hydrogens is 469 g/mol. The van der Waals surface area contributed by atoms with Crippen LogP contribution in [-0.2, 0) is 20.9 Å². The number of furan rings is 1. The predicted octanol–water partition coefficient (Wildman–Crippen LogP) is 4.89. The first-order valence-corrected chi connectivity index (χ1v) is 14.2. The fourth-order valence-corrected chi connectivity index (χ4v) is 7.31. The topological polar surface area (TPSA) is 100 Å². The van der Waals surface area contributed by atoms with Crippen LogP contribution in [0.2, 0.25) is 6.32 Å². The number of rotatable bonds is 8. The van der Waals surface area contributed by atoms with E-state index in [0.29, 0.717) is 24.9 Å². The zero-order valence-corrected chi connectivity index (χ0v) is 22.2. The normalized spacial score (nSPS) is 29.2. The SMILES string of the molecule is CCC/C(=C\c1ccc(CO)o1)CC[C@H]1OB(O)C[C@H]2C1=C(C)C[C@H]1C(=O)N(C3CCCCC3)C(=O)[C@H]12. The Kier molecular flexibility index (Phi) is 8.08. The summed E-state index contributed by atoms with van der Waals surface area (Å²) in [6, 6.07) is 3.69. The van der Waals surface area contributed by atoms with Gasteiger partial charge < -0.3 is 19.2 Å². The number of allylic oxidation sites excluding steroid dienone is 2. The van der Waals surface area contributed by atoms with Crippen LogP contribution in [0.25, 0.3) is 6.08 Å². The number of amides is 2. The van der Waals surface area contributed by atoms with Gasteiger partial charge in [-0.3, -0.25) is 14.5 Å². The molecule has 2 aliphatic heterocycles. The number of aliphatic hydroxyl groups excluding tert-OH is 1. The largest absolute Gasteiger partial charge is 0.459 e. The Balaban J connectivity index is 1.35. The second-order valence-electron chi connectivity index (χ2n) is 11.4. The number of hydrogen-bond acceptors (Lipinski definition) is 6. The number of imide groups is 1. The Labute approximate surface area is 220 Å². The van der Waals surface area contributed by atoms with Gasteiger partial charge in [0.2, 0.25) is 11.8 Å². The molecule has 8 heteroatoms. The van der Waals surface area contributed by atoms with Gasteiger partial charge in [0.25, 0.3) is 0 Å². The summed E-state index contributed by atoms with van der Waals surface area (Å²) in [5.41, 5.74) is 3.51. The van der Waals surface area contributed by atoms with E-state index in [0.717, 1.165) is 61.9 Å². The lowest BCUT2D eigenvalue weighted by Gasteiger charge is -2.42. The van der Waals surface area contributed by atoms with Crippen LogP contribution in [0, 0.1) is 17.8 Å². The van der Waals surface area contributed by atoms with E-state index >= 15 is 0 Å². The average Bonchev–Trinajstić information content (AvgIpc) is 3.44. The highest BCUT2D eigenvalue weighted by Gasteiger charge is 2.57. The molecule has 0 aromatic carbocycles. The third-order valence-corrected chi connectivity index (χ3v) is 8.91. The molecule has 4 aliphatic rings. The molecule has 7 nitrogen and oxygen atoms in total. The van der Waals surface area contributed by atoms with Gasteiger partial charge in [0.05, 0.1) is 17.9 Å². The molecule has 2 N–H and O–H groups in total. The number of aliphatic hydroxyl groups is 1. The fraction of sp³-hybridized carbons (Fsp3) is 0.655. The maximum absolute atomic E-state index is 13.7. The van der Waals surface area contributed by atoms with Crippen molar-refractivity contribution in [3.63, 3.8) is 0 Å². The number of likely N-dealkylation sites (tertiary alicyclic amines) is 1. The molecule has 4 atom stereocenters. The molecule has 1 aromatic rings. The van der Waals surface area contributed by atoms with Gasteiger partial charge in [0.1, 0.15) is 18.1 Å². The molecule has 1 aromatic heterocycles. The van der Waals surface area contributed by atoms with Crippen LogP contribution in [0.3, 0.4) is 0 Å². The van der Waals surface area contributed by atoms with Crippen LogP contribution in [0.1, 0.15) is 89.6 Å². The van der Waals surface area contributed by atoms with Crippen molar-refractivity contribution in [3.05, 3.63) is 40.4 Å². The van der Waals surface area contributed by atoms with Gasteiger partial charge in [0, 0.05) is 6.04 Å². The van der Waals surface area contributed by atoms with E-state index in [9.17, 15) is 19.7 Å². The fourth-order valence-electron chi connectivity index (χ4n) is 7.31. The zero-order valence-electron chi connectivity index (χ0n) is 22.2. The summed E-state index contributed by atoms with van der Waals surface area (Å²) in [4.78, 5) is 28.8. The van der Waals surface area contributed by atoms with Crippen molar-refractivity contribution in [1.29, 1.82) is 0 Å². The third kappa shape index (κ3) is 5.25. The van der Waals surface area contributed by atoms with Gasteiger partial charge in [-0.15, -0.1) is 0 Å². The molecule has 2 saturated heterocycles. The molecule has 0 radical (unpaired) electrons. The lowest BCUT2D eigenvalue weighted by molar-refractivity contribution is -0.143. The molecule has 0 bridgehead atoms. The van der Waals surface area contributed by atoms with Gasteiger partial charge in [-0.05, 0) is 81.5 Å². The van der Waals surface area contributed by atoms with E-state index in [2.05, 4.69) is 13.8 Å². The van der Waals surface area contributed by atoms with E-state index < -0.39 is 7.12 Å². The van der Waals surface area contributed by atoms with Gasteiger partial charge in [0.15, 0.2) is 0 Å². The number of carbonyl (C=O) groups excluding carboxylic acids is 2. The Hall–Kier alpha value is -2.16. The first-order chi connectivity index (χ1) is 17.9. The minimum Gasteiger partial charge on any atom is -0.459 e. The molecule has 3 fully saturated rings. The molecule has 200 valence electrons. The number of hydrogen-bond donors (Lipinski definition) is 2. The molecule has 1 saturated carbocycles. The molecule has 2 aliphatic carbocycles. The Morgan fingerprint density at radius 3 is 2.62 bits per heavy atom. The van der Waals surface area contributed by atoms with Crippen molar-refractivity contribution < 1.29 is 28.8 Å². The Morgan fingerprint density at radius 2 is 1.92 bits per heavy atom. The minimum absolute atomic E-state index is 0.00620. The van der Waals surface area contributed by atoms with E-state index in [4.69, 9.17) is 9.07 Å². The molecular formula is C29H40BNO6. The summed E-state index contributed by atoms with van der Waals surface area (Å²) < 4.78 is 11.8. The first-order valence-electron chi connectivity index (χ1n) is 14.2. The highest BCUT2D eigenvalue weighted by molar-refractivity contribution is 6.43. The quantitative estimate of drug-likeness (QED) is 0.294. The van der Waals surface area contributed by atoms with Crippen LogP contribution in [0.15, 0.2) is 33.3 Å². The highest BCUT2D eigenvalue weighted by atomic mass is 16.5. The van der Waals surface area contributed by atoms with Gasteiger partial charge in [-0.1, -0.05) is 43.8 Å². The van der Waals surface area contributed by atoms with Gasteiger partial charge >= 0.3 is 7.12 Å². The van der Waals surface area contributed by atoms with E-state index in [-0.39, 0.29) is 48.3 Å². The van der Waals surface area contributed by atoms with Crippen LogP contribution < -0.4 is 0 Å². The summed E-state index contributed by atoms with van der Waals surface area (Å²) in [7, 11) is -0.937. The Bertz CT molecular complexity index is 1070. The van der Waals surface area contributed by atoms with Crippen LogP contribution >= 0.6 is 0 Å². The summed E-state index contributed by atoms with van der Waals surface area (Å²) in [6.07, 6.45) is 11.3. The van der Waals surface area contributed by atoms with Gasteiger partial charge in [-0.2, -0.15) is 0 Å². The second-order valence-corrected chi connectivity index (χ2v) is 11.4. The molecule has 5 rings (SSSR count). The number of nitrogens with zero attached hydrogens (tertiary/aromatic N) is 1. The van der Waals surface area contributed by atoms with E-state index in [1.165, 1.54) is 12.0 Å². The monoisotopic (exact) mass is 509 g/mol. The van der Waals surface area contributed by atoms with Crippen molar-refractivity contribution in [2.45, 2.75) is 103 Å². The second kappa shape index (κ2) is 11.3. The summed E-state index contributed by atoms with van der Waals surface area (Å²) >= 11 is 0. The van der Waals surface area contributed by atoms with Crippen molar-refractivity contribution in [3.8, 4) is 0 Å². The van der Waals surface area contributed by atoms with Crippen molar-refractivity contribution in [1.82, 2.24) is 4.90 Å². The maximum atomic E-state index is 13.7. The van der Waals surface area contributed by atoms with Crippen LogP contribution in [0.5, 0.6) is 0 Å². The highest BCUT2D eigenvalue weighted by Crippen LogP contribution is 2.51.